The molecule has 10 nitrogen and oxygen atoms in total. The molecule has 0 aromatic rings. The Morgan fingerprint density at radius 3 is 2.11 bits per heavy atom. The molecule has 0 radical (unpaired) electrons. The van der Waals surface area contributed by atoms with Gasteiger partial charge in [-0.05, 0) is 59.7 Å². The minimum absolute atomic E-state index is 0.0157. The van der Waals surface area contributed by atoms with E-state index in [4.69, 9.17) is 28.1 Å². The number of amides is 1. The summed E-state index contributed by atoms with van der Waals surface area (Å²) >= 11 is 0. The lowest BCUT2D eigenvalue weighted by Crippen LogP contribution is -2.61. The summed E-state index contributed by atoms with van der Waals surface area (Å²) in [6.45, 7) is 21.0. The van der Waals surface area contributed by atoms with E-state index in [9.17, 15) is 14.4 Å². The fraction of sp³-hybridized carbons (Fsp3) is 0.885. The Kier molecular flexibility index (Phi) is 9.22. The predicted molar refractivity (Wildman–Crippen MR) is 140 cm³/mol. The highest BCUT2D eigenvalue weighted by Crippen LogP contribution is 2.42. The molecule has 214 valence electrons. The molecule has 0 aliphatic carbocycles. The first-order valence-corrected chi connectivity index (χ1v) is 15.8. The predicted octanol–water partition coefficient (Wildman–Crippen LogP) is 3.96. The molecule has 1 N–H and O–H groups in total. The number of fused-ring (bicyclic) bond motifs is 1. The summed E-state index contributed by atoms with van der Waals surface area (Å²) in [4.78, 5) is 38.6. The zero-order valence-electron chi connectivity index (χ0n) is 24.6. The number of rotatable bonds is 6. The van der Waals surface area contributed by atoms with Gasteiger partial charge in [0.05, 0.1) is 31.8 Å². The third kappa shape index (κ3) is 7.67. The summed E-state index contributed by atoms with van der Waals surface area (Å²) in [5, 5.41) is 2.73. The summed E-state index contributed by atoms with van der Waals surface area (Å²) in [6.07, 6.45) is -2.74. The van der Waals surface area contributed by atoms with Crippen LogP contribution in [0.15, 0.2) is 0 Å². The van der Waals surface area contributed by atoms with Gasteiger partial charge in [-0.2, -0.15) is 0 Å². The number of methoxy groups -OCH3 is 1. The van der Waals surface area contributed by atoms with Gasteiger partial charge in [-0.25, -0.2) is 9.59 Å². The molecule has 11 heteroatoms. The van der Waals surface area contributed by atoms with Crippen molar-refractivity contribution in [2.24, 2.45) is 5.41 Å². The number of ether oxygens (including phenoxy) is 5. The highest BCUT2D eigenvalue weighted by Gasteiger charge is 2.60. The highest BCUT2D eigenvalue weighted by molar-refractivity contribution is 6.74. The molecule has 5 atom stereocenters. The Hall–Kier alpha value is -1.69. The van der Waals surface area contributed by atoms with Gasteiger partial charge < -0.3 is 33.4 Å². The van der Waals surface area contributed by atoms with E-state index in [2.05, 4.69) is 39.2 Å². The number of esters is 2. The average Bonchev–Trinajstić information content (AvgIpc) is 3.11. The first kappa shape index (κ1) is 31.5. The van der Waals surface area contributed by atoms with Gasteiger partial charge in [0.2, 0.25) is 0 Å². The van der Waals surface area contributed by atoms with E-state index >= 15 is 0 Å². The van der Waals surface area contributed by atoms with Crippen LogP contribution >= 0.6 is 0 Å². The summed E-state index contributed by atoms with van der Waals surface area (Å²) in [5.74, 6) is -1.03. The van der Waals surface area contributed by atoms with Gasteiger partial charge in [0, 0.05) is 6.42 Å². The van der Waals surface area contributed by atoms with Crippen molar-refractivity contribution in [2.45, 2.75) is 122 Å². The third-order valence-electron chi connectivity index (χ3n) is 7.07. The van der Waals surface area contributed by atoms with E-state index in [0.717, 1.165) is 0 Å². The Balaban J connectivity index is 2.38. The molecule has 0 bridgehead atoms. The second-order valence-electron chi connectivity index (χ2n) is 13.6. The van der Waals surface area contributed by atoms with Crippen molar-refractivity contribution >= 4 is 26.3 Å². The molecule has 2 saturated heterocycles. The van der Waals surface area contributed by atoms with Crippen LogP contribution in [0.1, 0.15) is 68.7 Å². The third-order valence-corrected chi connectivity index (χ3v) is 11.6. The van der Waals surface area contributed by atoms with Crippen LogP contribution in [-0.4, -0.2) is 82.2 Å². The molecule has 1 amide bonds. The smallest absolute Gasteiger partial charge is 0.408 e. The Morgan fingerprint density at radius 1 is 1.03 bits per heavy atom. The van der Waals surface area contributed by atoms with Crippen LogP contribution < -0.4 is 5.32 Å². The molecular weight excluding hydrogens is 498 g/mol. The monoisotopic (exact) mass is 545 g/mol. The van der Waals surface area contributed by atoms with Crippen molar-refractivity contribution in [1.82, 2.24) is 5.32 Å². The lowest BCUT2D eigenvalue weighted by Gasteiger charge is -2.40. The highest BCUT2D eigenvalue weighted by atomic mass is 28.4. The fourth-order valence-electron chi connectivity index (χ4n) is 3.84. The largest absolute Gasteiger partial charge is 0.467 e. The molecule has 37 heavy (non-hydrogen) atoms. The normalized spacial score (nSPS) is 28.8. The van der Waals surface area contributed by atoms with Gasteiger partial charge in [0.1, 0.15) is 23.9 Å². The van der Waals surface area contributed by atoms with Crippen LogP contribution in [0.25, 0.3) is 0 Å². The molecule has 0 saturated carbocycles. The molecule has 2 fully saturated rings. The number of nitrogens with one attached hydrogen (secondary N) is 1. The SMILES string of the molecule is COC(=O)[C@@]1(CO[Si](C)(C)C(C)(C)C)C[C@H]2OC[C@H](OC(=O)C(C)(C)C)[C@@H](NC(=O)OC(C)(C)C)[C@H]2O1. The van der Waals surface area contributed by atoms with Crippen molar-refractivity contribution in [2.75, 3.05) is 20.3 Å². The van der Waals surface area contributed by atoms with Gasteiger partial charge in [0.15, 0.2) is 13.9 Å². The standard InChI is InChI=1S/C26H47NO9Si/c1-23(2,3)20(28)34-17-14-32-16-13-26(21(29)31-10,15-33-37(11,12)25(7,8)9)35-19(16)18(17)27-22(30)36-24(4,5)6/h16-19H,13-15H2,1-12H3,(H,27,30)/t16-,17+,18-,19+,26+/m1/s1. The summed E-state index contributed by atoms with van der Waals surface area (Å²) in [6, 6.07) is -0.820. The van der Waals surface area contributed by atoms with E-state index < -0.39 is 67.3 Å². The van der Waals surface area contributed by atoms with E-state index in [1.807, 2.05) is 0 Å². The number of carbonyl (C=O) groups excluding carboxylic acids is 3. The van der Waals surface area contributed by atoms with Crippen LogP contribution in [0.4, 0.5) is 4.79 Å². The molecule has 2 heterocycles. The molecule has 0 spiro atoms. The van der Waals surface area contributed by atoms with Gasteiger partial charge in [0.25, 0.3) is 0 Å². The maximum Gasteiger partial charge on any atom is 0.408 e. The average molecular weight is 546 g/mol. The molecule has 2 aliphatic heterocycles. The molecule has 0 aromatic carbocycles. The zero-order valence-corrected chi connectivity index (χ0v) is 25.6. The lowest BCUT2D eigenvalue weighted by molar-refractivity contribution is -0.191. The minimum Gasteiger partial charge on any atom is -0.467 e. The second-order valence-corrected chi connectivity index (χ2v) is 18.4. The number of hydrogen-bond donors (Lipinski definition) is 1. The van der Waals surface area contributed by atoms with E-state index in [1.54, 1.807) is 41.5 Å². The van der Waals surface area contributed by atoms with Gasteiger partial charge >= 0.3 is 18.0 Å². The summed E-state index contributed by atoms with van der Waals surface area (Å²) < 4.78 is 35.2. The summed E-state index contributed by atoms with van der Waals surface area (Å²) in [5.41, 5.74) is -2.94. The summed E-state index contributed by atoms with van der Waals surface area (Å²) in [7, 11) is -0.942. The topological polar surface area (TPSA) is 119 Å². The van der Waals surface area contributed by atoms with Crippen LogP contribution in [0, 0.1) is 5.41 Å². The maximum absolute atomic E-state index is 13.1. The first-order valence-electron chi connectivity index (χ1n) is 12.8. The number of hydrogen-bond acceptors (Lipinski definition) is 9. The van der Waals surface area contributed by atoms with Crippen LogP contribution in [0.2, 0.25) is 18.1 Å². The van der Waals surface area contributed by atoms with Crippen molar-refractivity contribution in [1.29, 1.82) is 0 Å². The molecular formula is C26H47NO9Si. The van der Waals surface area contributed by atoms with Gasteiger partial charge in [-0.1, -0.05) is 20.8 Å². The quantitative estimate of drug-likeness (QED) is 0.300. The second kappa shape index (κ2) is 10.8. The van der Waals surface area contributed by atoms with Crippen molar-refractivity contribution < 1.29 is 42.5 Å². The number of alkyl carbamates (subject to hydrolysis) is 1. The first-order chi connectivity index (χ1) is 16.6. The molecule has 0 unspecified atom stereocenters. The van der Waals surface area contributed by atoms with Crippen molar-refractivity contribution in [3.63, 3.8) is 0 Å². The zero-order chi connectivity index (χ0) is 28.6. The molecule has 2 rings (SSSR count). The molecule has 0 aromatic heterocycles. The molecule has 2 aliphatic rings. The van der Waals surface area contributed by atoms with Crippen LogP contribution in [0.3, 0.4) is 0 Å². The van der Waals surface area contributed by atoms with Crippen LogP contribution in [0.5, 0.6) is 0 Å². The van der Waals surface area contributed by atoms with E-state index in [1.165, 1.54) is 7.11 Å². The van der Waals surface area contributed by atoms with Gasteiger partial charge in [-0.3, -0.25) is 4.79 Å². The van der Waals surface area contributed by atoms with Gasteiger partial charge in [-0.15, -0.1) is 0 Å². The van der Waals surface area contributed by atoms with Crippen molar-refractivity contribution in [3.05, 3.63) is 0 Å². The Bertz CT molecular complexity index is 856. The minimum atomic E-state index is -2.24. The number of carbonyl (C=O) groups is 3. The lowest BCUT2D eigenvalue weighted by atomic mass is 9.92. The Labute approximate surface area is 222 Å². The fourth-order valence-corrected chi connectivity index (χ4v) is 4.87. The van der Waals surface area contributed by atoms with Crippen LogP contribution in [-0.2, 0) is 37.7 Å². The van der Waals surface area contributed by atoms with Crippen molar-refractivity contribution in [3.8, 4) is 0 Å². The van der Waals surface area contributed by atoms with E-state index in [0.29, 0.717) is 0 Å². The van der Waals surface area contributed by atoms with E-state index in [-0.39, 0.29) is 24.7 Å². The maximum atomic E-state index is 13.1. The Morgan fingerprint density at radius 2 is 1.62 bits per heavy atom.